The van der Waals surface area contributed by atoms with Crippen LogP contribution in [0.5, 0.6) is 0 Å². The van der Waals surface area contributed by atoms with E-state index in [9.17, 15) is 0 Å². The molecule has 0 heterocycles. The Hall–Kier alpha value is -1.37. The highest BCUT2D eigenvalue weighted by Gasteiger charge is 2.10. The number of rotatable bonds is 4. The minimum absolute atomic E-state index is 0.794. The van der Waals surface area contributed by atoms with Gasteiger partial charge in [0, 0.05) is 5.71 Å². The second-order valence-corrected chi connectivity index (χ2v) is 4.32. The first-order valence-corrected chi connectivity index (χ1v) is 6.10. The summed E-state index contributed by atoms with van der Waals surface area (Å²) in [7, 11) is 0. The van der Waals surface area contributed by atoms with E-state index in [1.54, 1.807) is 0 Å². The zero-order valence-electron chi connectivity index (χ0n) is 10.00. The zero-order chi connectivity index (χ0) is 11.4. The molecule has 1 aromatic carbocycles. The number of aryl methyl sites for hydroxylation is 2. The Morgan fingerprint density at radius 2 is 2.19 bits per heavy atom. The lowest BCUT2D eigenvalue weighted by Crippen LogP contribution is -1.93. The Kier molecular flexibility index (Phi) is 3.55. The normalized spacial score (nSPS) is 14.9. The molecule has 0 radical (unpaired) electrons. The van der Waals surface area contributed by atoms with Crippen LogP contribution in [0.15, 0.2) is 35.8 Å². The predicted octanol–water partition coefficient (Wildman–Crippen LogP) is 3.71. The van der Waals surface area contributed by atoms with Crippen molar-refractivity contribution < 1.29 is 0 Å². The van der Waals surface area contributed by atoms with Gasteiger partial charge in [-0.15, -0.1) is 0 Å². The van der Waals surface area contributed by atoms with Gasteiger partial charge in [0.05, 0.1) is 6.54 Å². The van der Waals surface area contributed by atoms with Gasteiger partial charge in [0.15, 0.2) is 0 Å². The molecule has 1 aliphatic carbocycles. The highest BCUT2D eigenvalue weighted by atomic mass is 14.7. The summed E-state index contributed by atoms with van der Waals surface area (Å²) in [5.41, 5.74) is 5.49. The van der Waals surface area contributed by atoms with Gasteiger partial charge in [0.25, 0.3) is 0 Å². The van der Waals surface area contributed by atoms with Gasteiger partial charge in [-0.05, 0) is 48.4 Å². The van der Waals surface area contributed by atoms with Gasteiger partial charge in [-0.1, -0.05) is 31.7 Å². The SMILES string of the molecule is C=CC(CC)=NCc1ccc2c(c1)CCC2. The van der Waals surface area contributed by atoms with Crippen molar-refractivity contribution in [2.45, 2.75) is 39.2 Å². The molecular formula is C15H19N. The molecule has 0 spiro atoms. The summed E-state index contributed by atoms with van der Waals surface area (Å²) in [5, 5.41) is 0. The fraction of sp³-hybridized carbons (Fsp3) is 0.400. The molecule has 0 atom stereocenters. The smallest absolute Gasteiger partial charge is 0.0643 e. The molecule has 1 aliphatic rings. The second-order valence-electron chi connectivity index (χ2n) is 4.32. The Labute approximate surface area is 97.9 Å². The number of hydrogen-bond acceptors (Lipinski definition) is 1. The summed E-state index contributed by atoms with van der Waals surface area (Å²) in [6, 6.07) is 6.80. The first-order valence-electron chi connectivity index (χ1n) is 6.10. The average molecular weight is 213 g/mol. The van der Waals surface area contributed by atoms with E-state index in [1.165, 1.54) is 36.0 Å². The average Bonchev–Trinajstić information content (AvgIpc) is 2.77. The van der Waals surface area contributed by atoms with Crippen LogP contribution in [0.25, 0.3) is 0 Å². The first-order chi connectivity index (χ1) is 7.83. The van der Waals surface area contributed by atoms with E-state index in [0.717, 1.165) is 18.7 Å². The van der Waals surface area contributed by atoms with Gasteiger partial charge >= 0.3 is 0 Å². The lowest BCUT2D eigenvalue weighted by atomic mass is 10.1. The van der Waals surface area contributed by atoms with Crippen molar-refractivity contribution >= 4 is 5.71 Å². The van der Waals surface area contributed by atoms with E-state index in [2.05, 4.69) is 36.7 Å². The molecule has 0 N–H and O–H groups in total. The van der Waals surface area contributed by atoms with E-state index < -0.39 is 0 Å². The number of nitrogens with zero attached hydrogens (tertiary/aromatic N) is 1. The minimum atomic E-state index is 0.794. The third-order valence-electron chi connectivity index (χ3n) is 3.23. The van der Waals surface area contributed by atoms with Crippen molar-refractivity contribution in [3.8, 4) is 0 Å². The molecule has 0 amide bonds. The minimum Gasteiger partial charge on any atom is -0.285 e. The summed E-state index contributed by atoms with van der Waals surface area (Å²) < 4.78 is 0. The summed E-state index contributed by atoms with van der Waals surface area (Å²) >= 11 is 0. The maximum atomic E-state index is 4.56. The molecule has 0 fully saturated rings. The number of benzene rings is 1. The molecule has 2 rings (SSSR count). The zero-order valence-corrected chi connectivity index (χ0v) is 10.00. The molecular weight excluding hydrogens is 194 g/mol. The van der Waals surface area contributed by atoms with Crippen LogP contribution in [0.2, 0.25) is 0 Å². The van der Waals surface area contributed by atoms with Crippen molar-refractivity contribution in [3.05, 3.63) is 47.5 Å². The molecule has 0 saturated carbocycles. The maximum absolute atomic E-state index is 4.56. The fourth-order valence-electron chi connectivity index (χ4n) is 2.24. The van der Waals surface area contributed by atoms with Crippen molar-refractivity contribution in [2.24, 2.45) is 4.99 Å². The molecule has 16 heavy (non-hydrogen) atoms. The number of allylic oxidation sites excluding steroid dienone is 1. The third-order valence-corrected chi connectivity index (χ3v) is 3.23. The summed E-state index contributed by atoms with van der Waals surface area (Å²) in [6.07, 6.45) is 6.64. The summed E-state index contributed by atoms with van der Waals surface area (Å²) in [6.45, 7) is 6.68. The van der Waals surface area contributed by atoms with Crippen LogP contribution >= 0.6 is 0 Å². The van der Waals surface area contributed by atoms with Crippen LogP contribution in [-0.4, -0.2) is 5.71 Å². The van der Waals surface area contributed by atoms with Crippen LogP contribution in [0.1, 0.15) is 36.5 Å². The van der Waals surface area contributed by atoms with Crippen LogP contribution in [0.4, 0.5) is 0 Å². The number of fused-ring (bicyclic) bond motifs is 1. The van der Waals surface area contributed by atoms with Crippen molar-refractivity contribution in [1.29, 1.82) is 0 Å². The molecule has 1 nitrogen and oxygen atoms in total. The van der Waals surface area contributed by atoms with Crippen molar-refractivity contribution in [3.63, 3.8) is 0 Å². The monoisotopic (exact) mass is 213 g/mol. The van der Waals surface area contributed by atoms with Crippen molar-refractivity contribution in [2.75, 3.05) is 0 Å². The Balaban J connectivity index is 2.11. The number of aliphatic imine (C=N–C) groups is 1. The van der Waals surface area contributed by atoms with Gasteiger partial charge in [-0.2, -0.15) is 0 Å². The molecule has 84 valence electrons. The standard InChI is InChI=1S/C15H19N/c1-3-15(4-2)16-11-12-8-9-13-6-5-7-14(13)10-12/h3,8-10H,1,4-7,11H2,2H3. The highest BCUT2D eigenvalue weighted by molar-refractivity contribution is 5.94. The Bertz CT molecular complexity index is 415. The van der Waals surface area contributed by atoms with Crippen molar-refractivity contribution in [1.82, 2.24) is 0 Å². The molecule has 0 saturated heterocycles. The molecule has 0 aliphatic heterocycles. The fourth-order valence-corrected chi connectivity index (χ4v) is 2.24. The molecule has 0 bridgehead atoms. The van der Waals surface area contributed by atoms with E-state index in [1.807, 2.05) is 6.08 Å². The number of hydrogen-bond donors (Lipinski definition) is 0. The molecule has 1 aromatic rings. The summed E-state index contributed by atoms with van der Waals surface area (Å²) in [4.78, 5) is 4.56. The van der Waals surface area contributed by atoms with Gasteiger partial charge in [0.1, 0.15) is 0 Å². The maximum Gasteiger partial charge on any atom is 0.0643 e. The third kappa shape index (κ3) is 2.41. The topological polar surface area (TPSA) is 12.4 Å². The lowest BCUT2D eigenvalue weighted by Gasteiger charge is -2.03. The first kappa shape index (κ1) is 11.1. The van der Waals surface area contributed by atoms with Gasteiger partial charge in [-0.25, -0.2) is 0 Å². The highest BCUT2D eigenvalue weighted by Crippen LogP contribution is 2.23. The molecule has 0 aromatic heterocycles. The van der Waals surface area contributed by atoms with E-state index in [-0.39, 0.29) is 0 Å². The quantitative estimate of drug-likeness (QED) is 0.676. The molecule has 1 heteroatoms. The van der Waals surface area contributed by atoms with Gasteiger partial charge < -0.3 is 0 Å². The lowest BCUT2D eigenvalue weighted by molar-refractivity contribution is 0.911. The van der Waals surface area contributed by atoms with E-state index in [0.29, 0.717) is 0 Å². The predicted molar refractivity (Wildman–Crippen MR) is 70.1 cm³/mol. The second kappa shape index (κ2) is 5.11. The summed E-state index contributed by atoms with van der Waals surface area (Å²) in [5.74, 6) is 0. The molecule has 0 unspecified atom stereocenters. The van der Waals surface area contributed by atoms with E-state index in [4.69, 9.17) is 0 Å². The largest absolute Gasteiger partial charge is 0.285 e. The Morgan fingerprint density at radius 3 is 2.94 bits per heavy atom. The van der Waals surface area contributed by atoms with Gasteiger partial charge in [0.2, 0.25) is 0 Å². The Morgan fingerprint density at radius 1 is 1.38 bits per heavy atom. The van der Waals surface area contributed by atoms with Crippen LogP contribution in [0, 0.1) is 0 Å². The van der Waals surface area contributed by atoms with E-state index >= 15 is 0 Å². The van der Waals surface area contributed by atoms with Crippen LogP contribution in [0.3, 0.4) is 0 Å². The van der Waals surface area contributed by atoms with Gasteiger partial charge in [-0.3, -0.25) is 4.99 Å². The van der Waals surface area contributed by atoms with Crippen LogP contribution < -0.4 is 0 Å². The van der Waals surface area contributed by atoms with Crippen LogP contribution in [-0.2, 0) is 19.4 Å².